The number of nitrogens with zero attached hydrogens (tertiary/aromatic N) is 7. The molecule has 2 aromatic heterocycles. The third-order valence-electron chi connectivity index (χ3n) is 5.01. The quantitative estimate of drug-likeness (QED) is 0.849. The van der Waals surface area contributed by atoms with Gasteiger partial charge in [-0.2, -0.15) is 5.26 Å². The van der Waals surface area contributed by atoms with Gasteiger partial charge in [0.2, 0.25) is 5.82 Å². The van der Waals surface area contributed by atoms with Crippen molar-refractivity contribution in [2.75, 3.05) is 36.0 Å². The molecule has 2 aliphatic heterocycles. The van der Waals surface area contributed by atoms with E-state index < -0.39 is 0 Å². The second kappa shape index (κ2) is 7.01. The highest BCUT2D eigenvalue weighted by atomic mass is 15.2. The Balaban J connectivity index is 1.43. The fourth-order valence-electron chi connectivity index (χ4n) is 3.63. The van der Waals surface area contributed by atoms with Crippen LogP contribution < -0.4 is 9.80 Å². The number of anilines is 2. The van der Waals surface area contributed by atoms with Crippen LogP contribution in [-0.4, -0.2) is 46.1 Å². The molecule has 0 atom stereocenters. The summed E-state index contributed by atoms with van der Waals surface area (Å²) in [6.07, 6.45) is 8.04. The van der Waals surface area contributed by atoms with Crippen LogP contribution in [-0.2, 0) is 0 Å². The van der Waals surface area contributed by atoms with Gasteiger partial charge < -0.3 is 9.80 Å². The lowest BCUT2D eigenvalue weighted by Crippen LogP contribution is -2.34. The van der Waals surface area contributed by atoms with E-state index in [2.05, 4.69) is 24.8 Å². The molecule has 0 amide bonds. The lowest BCUT2D eigenvalue weighted by molar-refractivity contribution is 0.483. The van der Waals surface area contributed by atoms with Crippen LogP contribution in [0.25, 0.3) is 0 Å². The van der Waals surface area contributed by atoms with E-state index in [-0.39, 0.29) is 5.82 Å². The first-order chi connectivity index (χ1) is 12.3. The topological polar surface area (TPSA) is 81.8 Å². The number of nitriles is 1. The van der Waals surface area contributed by atoms with Crippen molar-refractivity contribution in [3.63, 3.8) is 0 Å². The van der Waals surface area contributed by atoms with Crippen LogP contribution in [0.4, 0.5) is 11.6 Å². The summed E-state index contributed by atoms with van der Waals surface area (Å²) in [5, 5.41) is 8.95. The molecule has 0 unspecified atom stereocenters. The largest absolute Gasteiger partial charge is 0.357 e. The predicted octanol–water partition coefficient (Wildman–Crippen LogP) is 2.12. The van der Waals surface area contributed by atoms with E-state index in [9.17, 15) is 0 Å². The van der Waals surface area contributed by atoms with Gasteiger partial charge in [0, 0.05) is 44.5 Å². The molecule has 2 saturated heterocycles. The summed E-state index contributed by atoms with van der Waals surface area (Å²) in [5.41, 5.74) is 0. The zero-order valence-corrected chi connectivity index (χ0v) is 14.2. The third kappa shape index (κ3) is 3.38. The van der Waals surface area contributed by atoms with E-state index in [0.717, 1.165) is 56.5 Å². The fourth-order valence-corrected chi connectivity index (χ4v) is 3.63. The van der Waals surface area contributed by atoms with Crippen LogP contribution >= 0.6 is 0 Å². The Morgan fingerprint density at radius 2 is 1.52 bits per heavy atom. The average molecular weight is 335 g/mol. The third-order valence-corrected chi connectivity index (χ3v) is 5.01. The van der Waals surface area contributed by atoms with Crippen LogP contribution in [0, 0.1) is 11.3 Å². The first-order valence-electron chi connectivity index (χ1n) is 8.89. The van der Waals surface area contributed by atoms with Crippen LogP contribution in [0.2, 0.25) is 0 Å². The van der Waals surface area contributed by atoms with Gasteiger partial charge in [-0.3, -0.25) is 0 Å². The molecule has 0 N–H and O–H groups in total. The van der Waals surface area contributed by atoms with Crippen molar-refractivity contribution in [3.8, 4) is 6.07 Å². The lowest BCUT2D eigenvalue weighted by atomic mass is 9.96. The molecule has 7 heteroatoms. The zero-order chi connectivity index (χ0) is 17.1. The Labute approximate surface area is 147 Å². The van der Waals surface area contributed by atoms with Crippen molar-refractivity contribution in [2.24, 2.45) is 0 Å². The van der Waals surface area contributed by atoms with E-state index >= 15 is 0 Å². The molecule has 25 heavy (non-hydrogen) atoms. The highest BCUT2D eigenvalue weighted by molar-refractivity contribution is 5.41. The highest BCUT2D eigenvalue weighted by Gasteiger charge is 2.24. The molecule has 0 aliphatic carbocycles. The van der Waals surface area contributed by atoms with E-state index in [4.69, 9.17) is 10.2 Å². The smallest absolute Gasteiger partial charge is 0.234 e. The van der Waals surface area contributed by atoms with Crippen molar-refractivity contribution < 1.29 is 0 Å². The maximum absolute atomic E-state index is 8.95. The normalized spacial score (nSPS) is 18.4. The van der Waals surface area contributed by atoms with Crippen molar-refractivity contribution in [1.29, 1.82) is 5.26 Å². The number of hydrogen-bond donors (Lipinski definition) is 0. The molecule has 2 aliphatic rings. The van der Waals surface area contributed by atoms with Crippen LogP contribution in [0.1, 0.15) is 43.3 Å². The summed E-state index contributed by atoms with van der Waals surface area (Å²) < 4.78 is 0. The summed E-state index contributed by atoms with van der Waals surface area (Å²) in [6.45, 7) is 3.99. The highest BCUT2D eigenvalue weighted by Crippen LogP contribution is 2.29. The van der Waals surface area contributed by atoms with Crippen molar-refractivity contribution >= 4 is 11.6 Å². The summed E-state index contributed by atoms with van der Waals surface area (Å²) >= 11 is 0. The van der Waals surface area contributed by atoms with Gasteiger partial charge in [-0.1, -0.05) is 0 Å². The summed E-state index contributed by atoms with van der Waals surface area (Å²) in [7, 11) is 0. The molecule has 0 saturated carbocycles. The molecule has 0 bridgehead atoms. The van der Waals surface area contributed by atoms with E-state index in [1.165, 1.54) is 12.8 Å². The monoisotopic (exact) mass is 335 g/mol. The maximum Gasteiger partial charge on any atom is 0.234 e. The SMILES string of the molecule is N#Cc1nccc(N2CCC(c3nccc(N4CCCC4)n3)CC2)n1. The first kappa shape index (κ1) is 15.8. The van der Waals surface area contributed by atoms with Crippen LogP contribution in [0.5, 0.6) is 0 Å². The molecule has 128 valence electrons. The molecule has 0 radical (unpaired) electrons. The molecule has 4 heterocycles. The molecule has 2 aromatic rings. The number of aromatic nitrogens is 4. The van der Waals surface area contributed by atoms with Gasteiger partial charge in [0.05, 0.1) is 0 Å². The zero-order valence-electron chi connectivity index (χ0n) is 14.2. The molecule has 0 spiro atoms. The summed E-state index contributed by atoms with van der Waals surface area (Å²) in [6, 6.07) is 5.89. The molecule has 7 nitrogen and oxygen atoms in total. The molecular formula is C18H21N7. The van der Waals surface area contributed by atoms with Crippen molar-refractivity contribution in [1.82, 2.24) is 19.9 Å². The van der Waals surface area contributed by atoms with Crippen molar-refractivity contribution in [3.05, 3.63) is 36.2 Å². The van der Waals surface area contributed by atoms with Gasteiger partial charge in [-0.05, 0) is 37.8 Å². The van der Waals surface area contributed by atoms with Gasteiger partial charge in [0.15, 0.2) is 0 Å². The Morgan fingerprint density at radius 3 is 2.24 bits per heavy atom. The molecule has 4 rings (SSSR count). The minimum atomic E-state index is 0.223. The van der Waals surface area contributed by atoms with Gasteiger partial charge in [-0.15, -0.1) is 0 Å². The maximum atomic E-state index is 8.95. The van der Waals surface area contributed by atoms with Crippen LogP contribution in [0.3, 0.4) is 0 Å². The Bertz CT molecular complexity index is 771. The minimum Gasteiger partial charge on any atom is -0.357 e. The molecular weight excluding hydrogens is 314 g/mol. The Hall–Kier alpha value is -2.75. The van der Waals surface area contributed by atoms with Gasteiger partial charge in [-0.25, -0.2) is 19.9 Å². The lowest BCUT2D eigenvalue weighted by Gasteiger charge is -2.32. The van der Waals surface area contributed by atoms with Gasteiger partial charge in [0.1, 0.15) is 23.5 Å². The number of hydrogen-bond acceptors (Lipinski definition) is 7. The van der Waals surface area contributed by atoms with Gasteiger partial charge >= 0.3 is 0 Å². The van der Waals surface area contributed by atoms with E-state index in [1.807, 2.05) is 24.4 Å². The second-order valence-electron chi connectivity index (χ2n) is 6.58. The predicted molar refractivity (Wildman–Crippen MR) is 94.4 cm³/mol. The van der Waals surface area contributed by atoms with Crippen LogP contribution in [0.15, 0.2) is 24.5 Å². The summed E-state index contributed by atoms with van der Waals surface area (Å²) in [4.78, 5) is 22.2. The van der Waals surface area contributed by atoms with Crippen molar-refractivity contribution in [2.45, 2.75) is 31.6 Å². The molecule has 2 fully saturated rings. The molecule has 0 aromatic carbocycles. The minimum absolute atomic E-state index is 0.223. The number of piperidine rings is 1. The first-order valence-corrected chi connectivity index (χ1v) is 8.89. The summed E-state index contributed by atoms with van der Waals surface area (Å²) in [5.74, 6) is 3.47. The van der Waals surface area contributed by atoms with E-state index in [0.29, 0.717) is 5.92 Å². The van der Waals surface area contributed by atoms with E-state index in [1.54, 1.807) is 6.20 Å². The standard InChI is InChI=1S/C18H21N7/c19-13-15-20-7-3-16(22-15)25-11-5-14(6-12-25)18-21-8-4-17(23-18)24-9-1-2-10-24/h3-4,7-8,14H,1-2,5-6,9-12H2. The Morgan fingerprint density at radius 1 is 0.880 bits per heavy atom. The Kier molecular flexibility index (Phi) is 4.42. The van der Waals surface area contributed by atoms with Gasteiger partial charge in [0.25, 0.3) is 0 Å². The fraction of sp³-hybridized carbons (Fsp3) is 0.500. The average Bonchev–Trinajstić information content (AvgIpc) is 3.23. The number of rotatable bonds is 3. The second-order valence-corrected chi connectivity index (χ2v) is 6.58.